The van der Waals surface area contributed by atoms with Crippen LogP contribution in [0.15, 0.2) is 25.3 Å². The molecule has 12 heavy (non-hydrogen) atoms. The number of rotatable bonds is 7. The molecule has 70 valence electrons. The maximum absolute atomic E-state index is 9.23. The molecule has 0 aromatic rings. The smallest absolute Gasteiger partial charge is 0.0743 e. The minimum atomic E-state index is -0.459. The molecule has 0 aromatic heterocycles. The number of hydrogen-bond donors (Lipinski definition) is 1. The molecule has 0 heterocycles. The summed E-state index contributed by atoms with van der Waals surface area (Å²) in [5.74, 6) is 0. The van der Waals surface area contributed by atoms with Crippen LogP contribution in [0.1, 0.15) is 19.8 Å². The zero-order valence-corrected chi connectivity index (χ0v) is 7.70. The molecule has 0 amide bonds. The zero-order valence-electron chi connectivity index (χ0n) is 7.70. The molecule has 0 saturated heterocycles. The van der Waals surface area contributed by atoms with E-state index in [1.165, 1.54) is 6.08 Å². The second-order valence-corrected chi connectivity index (χ2v) is 2.69. The number of aliphatic hydroxyl groups is 1. The van der Waals surface area contributed by atoms with Gasteiger partial charge in [0, 0.05) is 6.42 Å². The molecule has 2 heteroatoms. The molecule has 0 aliphatic heterocycles. The van der Waals surface area contributed by atoms with Crippen molar-refractivity contribution < 1.29 is 9.84 Å². The minimum Gasteiger partial charge on any atom is -0.389 e. The first-order valence-electron chi connectivity index (χ1n) is 4.27. The Hall–Kier alpha value is -0.600. The summed E-state index contributed by atoms with van der Waals surface area (Å²) in [6, 6.07) is 0. The number of aliphatic hydroxyl groups excluding tert-OH is 1. The van der Waals surface area contributed by atoms with Crippen molar-refractivity contribution in [3.63, 3.8) is 0 Å². The third-order valence-corrected chi connectivity index (χ3v) is 1.68. The van der Waals surface area contributed by atoms with Gasteiger partial charge in [0.25, 0.3) is 0 Å². The summed E-state index contributed by atoms with van der Waals surface area (Å²) in [6.45, 7) is 9.64. The predicted molar refractivity (Wildman–Crippen MR) is 51.0 cm³/mol. The first-order chi connectivity index (χ1) is 5.74. The van der Waals surface area contributed by atoms with Crippen LogP contribution in [0, 0.1) is 0 Å². The van der Waals surface area contributed by atoms with Gasteiger partial charge in [-0.1, -0.05) is 19.1 Å². The first-order valence-corrected chi connectivity index (χ1v) is 4.27. The Kier molecular flexibility index (Phi) is 6.72. The highest BCUT2D eigenvalue weighted by molar-refractivity contribution is 4.80. The van der Waals surface area contributed by atoms with Gasteiger partial charge in [-0.2, -0.15) is 0 Å². The van der Waals surface area contributed by atoms with Crippen molar-refractivity contribution in [3.8, 4) is 0 Å². The minimum absolute atomic E-state index is 0.107. The lowest BCUT2D eigenvalue weighted by molar-refractivity contribution is 0.0375. The van der Waals surface area contributed by atoms with E-state index >= 15 is 0 Å². The van der Waals surface area contributed by atoms with Gasteiger partial charge in [-0.25, -0.2) is 0 Å². The van der Waals surface area contributed by atoms with Crippen LogP contribution in [0.5, 0.6) is 0 Å². The van der Waals surface area contributed by atoms with E-state index in [-0.39, 0.29) is 6.10 Å². The second-order valence-electron chi connectivity index (χ2n) is 2.69. The van der Waals surface area contributed by atoms with Crippen LogP contribution in [0.25, 0.3) is 0 Å². The normalized spacial score (nSPS) is 15.2. The summed E-state index contributed by atoms with van der Waals surface area (Å²) in [5.41, 5.74) is 0. The summed E-state index contributed by atoms with van der Waals surface area (Å²) in [7, 11) is 0. The van der Waals surface area contributed by atoms with Gasteiger partial charge in [0.2, 0.25) is 0 Å². The fraction of sp³-hybridized carbons (Fsp3) is 0.600. The Morgan fingerprint density at radius 2 is 2.17 bits per heavy atom. The van der Waals surface area contributed by atoms with Gasteiger partial charge in [0.15, 0.2) is 0 Å². The third-order valence-electron chi connectivity index (χ3n) is 1.68. The van der Waals surface area contributed by atoms with Crippen molar-refractivity contribution in [3.05, 3.63) is 25.3 Å². The molecule has 0 saturated carbocycles. The van der Waals surface area contributed by atoms with Crippen LogP contribution in [-0.2, 0) is 4.74 Å². The van der Waals surface area contributed by atoms with E-state index in [1.54, 1.807) is 6.08 Å². The number of hydrogen-bond acceptors (Lipinski definition) is 2. The standard InChI is InChI=1S/C10H18O2/c1-4-7-12-10(6-3)8-9(11)5-2/h4-5,9-11H,1-2,6-8H2,3H3/t9?,10-/m0/s1. The van der Waals surface area contributed by atoms with E-state index in [9.17, 15) is 5.11 Å². The molecule has 1 N–H and O–H groups in total. The van der Waals surface area contributed by atoms with E-state index in [4.69, 9.17) is 4.74 Å². The Bertz CT molecular complexity index is 132. The van der Waals surface area contributed by atoms with Gasteiger partial charge in [-0.05, 0) is 6.42 Å². The van der Waals surface area contributed by atoms with E-state index < -0.39 is 6.10 Å². The average molecular weight is 170 g/mol. The van der Waals surface area contributed by atoms with Crippen LogP contribution in [0.3, 0.4) is 0 Å². The van der Waals surface area contributed by atoms with Gasteiger partial charge in [0.1, 0.15) is 0 Å². The molecule has 0 bridgehead atoms. The summed E-state index contributed by atoms with van der Waals surface area (Å²) < 4.78 is 5.39. The van der Waals surface area contributed by atoms with Gasteiger partial charge in [-0.3, -0.25) is 0 Å². The molecule has 2 atom stereocenters. The Morgan fingerprint density at radius 3 is 2.58 bits per heavy atom. The predicted octanol–water partition coefficient (Wildman–Crippen LogP) is 1.90. The maximum Gasteiger partial charge on any atom is 0.0743 e. The molecular formula is C10H18O2. The lowest BCUT2D eigenvalue weighted by Gasteiger charge is -2.16. The van der Waals surface area contributed by atoms with Crippen molar-refractivity contribution >= 4 is 0 Å². The van der Waals surface area contributed by atoms with Crippen LogP contribution >= 0.6 is 0 Å². The monoisotopic (exact) mass is 170 g/mol. The van der Waals surface area contributed by atoms with Crippen molar-refractivity contribution in [2.45, 2.75) is 32.0 Å². The molecule has 0 fully saturated rings. The quantitative estimate of drug-likeness (QED) is 0.591. The van der Waals surface area contributed by atoms with E-state index in [1.807, 2.05) is 6.92 Å². The highest BCUT2D eigenvalue weighted by Crippen LogP contribution is 2.07. The lowest BCUT2D eigenvalue weighted by Crippen LogP contribution is -2.18. The van der Waals surface area contributed by atoms with E-state index in [2.05, 4.69) is 13.2 Å². The molecule has 2 nitrogen and oxygen atoms in total. The van der Waals surface area contributed by atoms with Crippen molar-refractivity contribution in [2.24, 2.45) is 0 Å². The highest BCUT2D eigenvalue weighted by atomic mass is 16.5. The zero-order chi connectivity index (χ0) is 9.40. The molecule has 1 unspecified atom stereocenters. The fourth-order valence-electron chi connectivity index (χ4n) is 0.922. The lowest BCUT2D eigenvalue weighted by atomic mass is 10.1. The van der Waals surface area contributed by atoms with Crippen molar-refractivity contribution in [1.82, 2.24) is 0 Å². The molecule has 0 rings (SSSR count). The third kappa shape index (κ3) is 5.10. The van der Waals surface area contributed by atoms with Gasteiger partial charge in [0.05, 0.1) is 18.8 Å². The van der Waals surface area contributed by atoms with Gasteiger partial charge < -0.3 is 9.84 Å². The Morgan fingerprint density at radius 1 is 1.50 bits per heavy atom. The SMILES string of the molecule is C=CCO[C@@H](CC)CC(O)C=C. The summed E-state index contributed by atoms with van der Waals surface area (Å²) in [5, 5.41) is 9.23. The average Bonchev–Trinajstić information content (AvgIpc) is 2.11. The summed E-state index contributed by atoms with van der Waals surface area (Å²) in [4.78, 5) is 0. The topological polar surface area (TPSA) is 29.5 Å². The van der Waals surface area contributed by atoms with Crippen LogP contribution < -0.4 is 0 Å². The molecule has 0 radical (unpaired) electrons. The maximum atomic E-state index is 9.23. The number of ether oxygens (including phenoxy) is 1. The van der Waals surface area contributed by atoms with Crippen LogP contribution in [-0.4, -0.2) is 23.9 Å². The fourth-order valence-corrected chi connectivity index (χ4v) is 0.922. The highest BCUT2D eigenvalue weighted by Gasteiger charge is 2.09. The van der Waals surface area contributed by atoms with Gasteiger partial charge in [-0.15, -0.1) is 13.2 Å². The summed E-state index contributed by atoms with van der Waals surface area (Å²) >= 11 is 0. The molecular weight excluding hydrogens is 152 g/mol. The Labute approximate surface area is 74.6 Å². The van der Waals surface area contributed by atoms with Crippen LogP contribution in [0.4, 0.5) is 0 Å². The largest absolute Gasteiger partial charge is 0.389 e. The van der Waals surface area contributed by atoms with Crippen molar-refractivity contribution in [1.29, 1.82) is 0 Å². The summed E-state index contributed by atoms with van der Waals surface area (Å²) in [6.07, 6.45) is 4.41. The van der Waals surface area contributed by atoms with Crippen LogP contribution in [0.2, 0.25) is 0 Å². The molecule has 0 aromatic carbocycles. The van der Waals surface area contributed by atoms with E-state index in [0.29, 0.717) is 13.0 Å². The Balaban J connectivity index is 3.65. The van der Waals surface area contributed by atoms with Crippen molar-refractivity contribution in [2.75, 3.05) is 6.61 Å². The molecule has 0 aliphatic carbocycles. The second kappa shape index (κ2) is 7.07. The molecule has 0 spiro atoms. The first kappa shape index (κ1) is 11.4. The van der Waals surface area contributed by atoms with Gasteiger partial charge >= 0.3 is 0 Å². The van der Waals surface area contributed by atoms with E-state index in [0.717, 1.165) is 6.42 Å². The molecule has 0 aliphatic rings.